The molecule has 0 aliphatic rings. The average Bonchev–Trinajstić information content (AvgIpc) is 2.65. The third-order valence-electron chi connectivity index (χ3n) is 2.58. The van der Waals surface area contributed by atoms with Crippen molar-refractivity contribution >= 4 is 0 Å². The van der Waals surface area contributed by atoms with Gasteiger partial charge in [0.05, 0.1) is 12.2 Å². The van der Waals surface area contributed by atoms with Crippen molar-refractivity contribution in [3.63, 3.8) is 0 Å². The number of imidazole rings is 1. The number of halogens is 2. The van der Waals surface area contributed by atoms with Gasteiger partial charge in [-0.2, -0.15) is 0 Å². The van der Waals surface area contributed by atoms with E-state index >= 15 is 0 Å². The fourth-order valence-electron chi connectivity index (χ4n) is 1.68. The van der Waals surface area contributed by atoms with Crippen molar-refractivity contribution in [3.8, 4) is 0 Å². The summed E-state index contributed by atoms with van der Waals surface area (Å²) in [6.07, 6.45) is 0.458. The summed E-state index contributed by atoms with van der Waals surface area (Å²) in [7, 11) is 0. The molecule has 3 nitrogen and oxygen atoms in total. The van der Waals surface area contributed by atoms with Gasteiger partial charge >= 0.3 is 0 Å². The van der Waals surface area contributed by atoms with Crippen molar-refractivity contribution in [1.29, 1.82) is 0 Å². The lowest BCUT2D eigenvalue weighted by atomic mass is 10.1. The van der Waals surface area contributed by atoms with Gasteiger partial charge in [0.25, 0.3) is 0 Å². The highest BCUT2D eigenvalue weighted by Gasteiger charge is 2.08. The third kappa shape index (κ3) is 2.50. The van der Waals surface area contributed by atoms with Gasteiger partial charge in [-0.15, -0.1) is 0 Å². The summed E-state index contributed by atoms with van der Waals surface area (Å²) in [5.41, 5.74) is 7.85. The Kier molecular flexibility index (Phi) is 3.19. The number of aromatic amines is 1. The van der Waals surface area contributed by atoms with Gasteiger partial charge in [0, 0.05) is 12.1 Å². The average molecular weight is 237 g/mol. The minimum Gasteiger partial charge on any atom is -0.345 e. The van der Waals surface area contributed by atoms with Crippen LogP contribution in [-0.2, 0) is 13.0 Å². The molecule has 0 aliphatic carbocycles. The Hall–Kier alpha value is -1.75. The van der Waals surface area contributed by atoms with Crippen molar-refractivity contribution in [2.24, 2.45) is 5.73 Å². The molecule has 1 aromatic carbocycles. The molecular weight excluding hydrogens is 224 g/mol. The number of aryl methyl sites for hydroxylation is 1. The summed E-state index contributed by atoms with van der Waals surface area (Å²) in [6.45, 7) is 2.21. The van der Waals surface area contributed by atoms with Gasteiger partial charge < -0.3 is 10.7 Å². The zero-order valence-electron chi connectivity index (χ0n) is 9.43. The summed E-state index contributed by atoms with van der Waals surface area (Å²) >= 11 is 0. The fourth-order valence-corrected chi connectivity index (χ4v) is 1.68. The molecule has 0 saturated carbocycles. The first kappa shape index (κ1) is 11.7. The van der Waals surface area contributed by atoms with Gasteiger partial charge in [0.15, 0.2) is 11.6 Å². The molecule has 0 unspecified atom stereocenters. The first-order chi connectivity index (χ1) is 8.10. The Balaban J connectivity index is 2.24. The molecule has 3 N–H and O–H groups in total. The standard InChI is InChI=1S/C12H13F2N3/c1-7-11(17-12(6-15)16-7)5-8-2-3-9(13)10(14)4-8/h2-4H,5-6,15H2,1H3,(H,16,17). The van der Waals surface area contributed by atoms with Gasteiger partial charge in [0.2, 0.25) is 0 Å². The van der Waals surface area contributed by atoms with Crippen molar-refractivity contribution in [3.05, 3.63) is 52.6 Å². The molecule has 0 saturated heterocycles. The normalized spacial score (nSPS) is 10.8. The summed E-state index contributed by atoms with van der Waals surface area (Å²) in [4.78, 5) is 7.32. The third-order valence-corrected chi connectivity index (χ3v) is 2.58. The van der Waals surface area contributed by atoms with Crippen LogP contribution in [0.5, 0.6) is 0 Å². The number of aromatic nitrogens is 2. The van der Waals surface area contributed by atoms with E-state index in [-0.39, 0.29) is 0 Å². The summed E-state index contributed by atoms with van der Waals surface area (Å²) < 4.78 is 25.8. The van der Waals surface area contributed by atoms with Crippen molar-refractivity contribution < 1.29 is 8.78 Å². The second-order valence-corrected chi connectivity index (χ2v) is 3.88. The second-order valence-electron chi connectivity index (χ2n) is 3.88. The lowest BCUT2D eigenvalue weighted by Gasteiger charge is -2.00. The zero-order chi connectivity index (χ0) is 12.4. The van der Waals surface area contributed by atoms with E-state index in [9.17, 15) is 8.78 Å². The molecular formula is C12H13F2N3. The molecule has 1 aromatic heterocycles. The maximum absolute atomic E-state index is 13.0. The van der Waals surface area contributed by atoms with E-state index in [1.54, 1.807) is 6.07 Å². The molecule has 17 heavy (non-hydrogen) atoms. The highest BCUT2D eigenvalue weighted by molar-refractivity contribution is 5.25. The monoisotopic (exact) mass is 237 g/mol. The molecule has 0 aliphatic heterocycles. The van der Waals surface area contributed by atoms with E-state index in [1.165, 1.54) is 6.07 Å². The molecule has 0 amide bonds. The number of rotatable bonds is 3. The smallest absolute Gasteiger partial charge is 0.159 e. The maximum Gasteiger partial charge on any atom is 0.159 e. The van der Waals surface area contributed by atoms with E-state index in [0.29, 0.717) is 24.4 Å². The Morgan fingerprint density at radius 3 is 2.65 bits per heavy atom. The minimum absolute atomic E-state index is 0.332. The lowest BCUT2D eigenvalue weighted by Crippen LogP contribution is -1.98. The van der Waals surface area contributed by atoms with E-state index in [4.69, 9.17) is 5.73 Å². The van der Waals surface area contributed by atoms with Crippen LogP contribution >= 0.6 is 0 Å². The molecule has 0 atom stereocenters. The van der Waals surface area contributed by atoms with Crippen LogP contribution in [0.2, 0.25) is 0 Å². The Morgan fingerprint density at radius 2 is 2.06 bits per heavy atom. The Bertz CT molecular complexity index is 535. The first-order valence-electron chi connectivity index (χ1n) is 5.28. The predicted molar refractivity (Wildman–Crippen MR) is 60.4 cm³/mol. The number of nitrogens with zero attached hydrogens (tertiary/aromatic N) is 1. The maximum atomic E-state index is 13.0. The van der Waals surface area contributed by atoms with Crippen molar-refractivity contribution in [2.75, 3.05) is 0 Å². The summed E-state index contributed by atoms with van der Waals surface area (Å²) in [5, 5.41) is 0. The predicted octanol–water partition coefficient (Wildman–Crippen LogP) is 2.05. The lowest BCUT2D eigenvalue weighted by molar-refractivity contribution is 0.507. The van der Waals surface area contributed by atoms with Crippen LogP contribution in [0.3, 0.4) is 0 Å². The SMILES string of the molecule is Cc1[nH]c(CN)nc1Cc1ccc(F)c(F)c1. The summed E-state index contributed by atoms with van der Waals surface area (Å²) in [5.74, 6) is -0.982. The number of nitrogens with one attached hydrogen (secondary N) is 1. The van der Waals surface area contributed by atoms with Gasteiger partial charge in [-0.05, 0) is 24.6 Å². The number of hydrogen-bond acceptors (Lipinski definition) is 2. The first-order valence-corrected chi connectivity index (χ1v) is 5.28. The number of H-pyrrole nitrogens is 1. The van der Waals surface area contributed by atoms with Gasteiger partial charge in [-0.1, -0.05) is 6.07 Å². The van der Waals surface area contributed by atoms with Crippen LogP contribution < -0.4 is 5.73 Å². The van der Waals surface area contributed by atoms with Crippen molar-refractivity contribution in [2.45, 2.75) is 19.9 Å². The molecule has 0 radical (unpaired) electrons. The summed E-state index contributed by atoms with van der Waals surface area (Å²) in [6, 6.07) is 3.86. The molecule has 5 heteroatoms. The largest absolute Gasteiger partial charge is 0.345 e. The van der Waals surface area contributed by atoms with Crippen molar-refractivity contribution in [1.82, 2.24) is 9.97 Å². The van der Waals surface area contributed by atoms with E-state index in [1.807, 2.05) is 6.92 Å². The second kappa shape index (κ2) is 4.63. The fraction of sp³-hybridized carbons (Fsp3) is 0.250. The van der Waals surface area contributed by atoms with Gasteiger partial charge in [-0.25, -0.2) is 13.8 Å². The Morgan fingerprint density at radius 1 is 1.29 bits per heavy atom. The van der Waals surface area contributed by atoms with Gasteiger partial charge in [-0.3, -0.25) is 0 Å². The minimum atomic E-state index is -0.838. The van der Waals surface area contributed by atoms with E-state index in [0.717, 1.165) is 17.5 Å². The van der Waals surface area contributed by atoms with Crippen LogP contribution in [0.4, 0.5) is 8.78 Å². The quantitative estimate of drug-likeness (QED) is 0.858. The van der Waals surface area contributed by atoms with Gasteiger partial charge in [0.1, 0.15) is 5.82 Å². The Labute approximate surface area is 97.7 Å². The van der Waals surface area contributed by atoms with Crippen LogP contribution in [0.1, 0.15) is 22.8 Å². The number of nitrogens with two attached hydrogens (primary N) is 1. The van der Waals surface area contributed by atoms with Crippen LogP contribution in [0.25, 0.3) is 0 Å². The molecule has 90 valence electrons. The topological polar surface area (TPSA) is 54.7 Å². The van der Waals surface area contributed by atoms with Crippen LogP contribution in [0.15, 0.2) is 18.2 Å². The molecule has 0 spiro atoms. The molecule has 1 heterocycles. The zero-order valence-corrected chi connectivity index (χ0v) is 9.43. The highest BCUT2D eigenvalue weighted by Crippen LogP contribution is 2.14. The highest BCUT2D eigenvalue weighted by atomic mass is 19.2. The van der Waals surface area contributed by atoms with E-state index in [2.05, 4.69) is 9.97 Å². The van der Waals surface area contributed by atoms with Crippen LogP contribution in [0, 0.1) is 18.6 Å². The molecule has 2 aromatic rings. The number of hydrogen-bond donors (Lipinski definition) is 2. The number of benzene rings is 1. The van der Waals surface area contributed by atoms with E-state index < -0.39 is 11.6 Å². The molecule has 0 bridgehead atoms. The molecule has 2 rings (SSSR count). The van der Waals surface area contributed by atoms with Crippen LogP contribution in [-0.4, -0.2) is 9.97 Å². The molecule has 0 fully saturated rings.